The van der Waals surface area contributed by atoms with Gasteiger partial charge in [-0.15, -0.1) is 0 Å². The van der Waals surface area contributed by atoms with Gasteiger partial charge in [0.15, 0.2) is 0 Å². The van der Waals surface area contributed by atoms with Crippen molar-refractivity contribution >= 4 is 34.7 Å². The number of nitro benzene ring substituents is 1. The standard InChI is InChI=1S/C25H25FN6O3/c1-5-18(19-7-6-16(10-15(19)2)17(13-27)14-28-3)21-8-9-29-25(30-21)31-22-12-23(32(33)34)20(26)11-24(22)35-4/h5-14,27-28H,1-4H3,(H,29,30,31)/b17-14+,18-5+,27-13?. The first-order valence-electron chi connectivity index (χ1n) is 10.6. The molecule has 0 aliphatic heterocycles. The number of aryl methyl sites for hydroxylation is 1. The second-order valence-corrected chi connectivity index (χ2v) is 7.42. The van der Waals surface area contributed by atoms with Gasteiger partial charge in [0.05, 0.1) is 23.4 Å². The summed E-state index contributed by atoms with van der Waals surface area (Å²) in [6.07, 6.45) is 6.54. The Bertz CT molecular complexity index is 1340. The Morgan fingerprint density at radius 1 is 1.26 bits per heavy atom. The Hall–Kier alpha value is -4.60. The lowest BCUT2D eigenvalue weighted by atomic mass is 9.94. The molecule has 0 bridgehead atoms. The zero-order valence-corrected chi connectivity index (χ0v) is 19.7. The number of nitro groups is 1. The first kappa shape index (κ1) is 25.0. The summed E-state index contributed by atoms with van der Waals surface area (Å²) in [5.41, 5.74) is 4.54. The van der Waals surface area contributed by atoms with Crippen LogP contribution >= 0.6 is 0 Å². The predicted octanol–water partition coefficient (Wildman–Crippen LogP) is 5.25. The van der Waals surface area contributed by atoms with Crippen LogP contribution in [-0.4, -0.2) is 35.3 Å². The van der Waals surface area contributed by atoms with Crippen molar-refractivity contribution in [1.82, 2.24) is 15.3 Å². The molecule has 3 N–H and O–H groups in total. The number of ether oxygens (including phenoxy) is 1. The predicted molar refractivity (Wildman–Crippen MR) is 135 cm³/mol. The number of anilines is 2. The summed E-state index contributed by atoms with van der Waals surface area (Å²) in [7, 11) is 3.12. The Balaban J connectivity index is 1.98. The minimum absolute atomic E-state index is 0.0800. The number of rotatable bonds is 9. The molecule has 0 aliphatic rings. The summed E-state index contributed by atoms with van der Waals surface area (Å²) in [5, 5.41) is 24.6. The summed E-state index contributed by atoms with van der Waals surface area (Å²) in [5.74, 6) is -0.757. The molecule has 3 rings (SSSR count). The van der Waals surface area contributed by atoms with Gasteiger partial charge in [0, 0.05) is 48.9 Å². The Morgan fingerprint density at radius 2 is 2.03 bits per heavy atom. The van der Waals surface area contributed by atoms with Gasteiger partial charge in [-0.05, 0) is 36.6 Å². The fourth-order valence-electron chi connectivity index (χ4n) is 3.59. The van der Waals surface area contributed by atoms with E-state index in [2.05, 4.69) is 20.6 Å². The normalized spacial score (nSPS) is 11.7. The van der Waals surface area contributed by atoms with Crippen LogP contribution in [0, 0.1) is 28.3 Å². The zero-order chi connectivity index (χ0) is 25.5. The van der Waals surface area contributed by atoms with Gasteiger partial charge in [-0.25, -0.2) is 9.97 Å². The van der Waals surface area contributed by atoms with E-state index in [0.717, 1.165) is 40.0 Å². The zero-order valence-electron chi connectivity index (χ0n) is 19.7. The van der Waals surface area contributed by atoms with Crippen LogP contribution < -0.4 is 15.4 Å². The highest BCUT2D eigenvalue weighted by Crippen LogP contribution is 2.34. The fraction of sp³-hybridized carbons (Fsp3) is 0.160. The molecule has 10 heteroatoms. The molecule has 0 atom stereocenters. The molecule has 0 amide bonds. The third-order valence-electron chi connectivity index (χ3n) is 5.24. The molecule has 0 unspecified atom stereocenters. The van der Waals surface area contributed by atoms with Gasteiger partial charge in [0.2, 0.25) is 11.8 Å². The molecule has 0 radical (unpaired) electrons. The highest BCUT2D eigenvalue weighted by molar-refractivity contribution is 6.08. The fourth-order valence-corrected chi connectivity index (χ4v) is 3.59. The highest BCUT2D eigenvalue weighted by Gasteiger charge is 2.20. The highest BCUT2D eigenvalue weighted by atomic mass is 19.1. The molecule has 3 aromatic rings. The van der Waals surface area contributed by atoms with Crippen molar-refractivity contribution in [1.29, 1.82) is 5.41 Å². The third-order valence-corrected chi connectivity index (χ3v) is 5.24. The van der Waals surface area contributed by atoms with E-state index in [4.69, 9.17) is 10.1 Å². The summed E-state index contributed by atoms with van der Waals surface area (Å²) in [6.45, 7) is 3.88. The van der Waals surface area contributed by atoms with E-state index in [-0.39, 0.29) is 17.4 Å². The molecule has 2 aromatic carbocycles. The summed E-state index contributed by atoms with van der Waals surface area (Å²) in [6, 6.07) is 9.64. The van der Waals surface area contributed by atoms with Crippen molar-refractivity contribution < 1.29 is 14.1 Å². The number of nitrogens with zero attached hydrogens (tertiary/aromatic N) is 3. The molecule has 0 saturated heterocycles. The van der Waals surface area contributed by atoms with Gasteiger partial charge in [0.25, 0.3) is 0 Å². The van der Waals surface area contributed by atoms with Crippen molar-refractivity contribution in [3.8, 4) is 5.75 Å². The van der Waals surface area contributed by atoms with Crippen molar-refractivity contribution in [3.05, 3.63) is 93.2 Å². The number of hydrogen-bond donors (Lipinski definition) is 3. The molecule has 0 aliphatic carbocycles. The molecular formula is C25H25FN6O3. The Morgan fingerprint density at radius 3 is 2.63 bits per heavy atom. The number of aromatic nitrogens is 2. The van der Waals surface area contributed by atoms with E-state index in [1.807, 2.05) is 38.1 Å². The van der Waals surface area contributed by atoms with Crippen LogP contribution in [0.25, 0.3) is 11.1 Å². The van der Waals surface area contributed by atoms with Gasteiger partial charge in [0.1, 0.15) is 5.75 Å². The molecule has 0 fully saturated rings. The molecule has 0 saturated carbocycles. The Labute approximate surface area is 202 Å². The van der Waals surface area contributed by atoms with Crippen LogP contribution in [0.2, 0.25) is 0 Å². The van der Waals surface area contributed by atoms with Crippen molar-refractivity contribution in [2.75, 3.05) is 19.5 Å². The second-order valence-electron chi connectivity index (χ2n) is 7.42. The maximum Gasteiger partial charge on any atom is 0.307 e. The number of benzene rings is 2. The van der Waals surface area contributed by atoms with Gasteiger partial charge in [-0.3, -0.25) is 10.1 Å². The quantitative estimate of drug-likeness (QED) is 0.219. The summed E-state index contributed by atoms with van der Waals surface area (Å²) in [4.78, 5) is 19.1. The molecule has 0 spiro atoms. The monoisotopic (exact) mass is 476 g/mol. The smallest absolute Gasteiger partial charge is 0.307 e. The minimum Gasteiger partial charge on any atom is -0.494 e. The third kappa shape index (κ3) is 5.49. The van der Waals surface area contributed by atoms with E-state index >= 15 is 0 Å². The number of allylic oxidation sites excluding steroid dienone is 2. The van der Waals surface area contributed by atoms with Crippen molar-refractivity contribution in [2.24, 2.45) is 0 Å². The van der Waals surface area contributed by atoms with E-state index in [1.165, 1.54) is 13.3 Å². The van der Waals surface area contributed by atoms with E-state index in [9.17, 15) is 14.5 Å². The lowest BCUT2D eigenvalue weighted by molar-refractivity contribution is -0.387. The first-order chi connectivity index (χ1) is 16.8. The molecular weight excluding hydrogens is 451 g/mol. The second kappa shape index (κ2) is 11.0. The van der Waals surface area contributed by atoms with Crippen LogP contribution in [0.1, 0.15) is 29.3 Å². The van der Waals surface area contributed by atoms with E-state index in [0.29, 0.717) is 5.69 Å². The number of nitrogens with one attached hydrogen (secondary N) is 3. The van der Waals surface area contributed by atoms with Crippen LogP contribution in [0.4, 0.5) is 21.7 Å². The van der Waals surface area contributed by atoms with Gasteiger partial charge < -0.3 is 20.8 Å². The van der Waals surface area contributed by atoms with Gasteiger partial charge >= 0.3 is 5.69 Å². The number of methoxy groups -OCH3 is 1. The maximum absolute atomic E-state index is 14.0. The average Bonchev–Trinajstić information content (AvgIpc) is 2.84. The van der Waals surface area contributed by atoms with Gasteiger partial charge in [-0.1, -0.05) is 24.3 Å². The number of halogens is 1. The molecule has 180 valence electrons. The lowest BCUT2D eigenvalue weighted by Crippen LogP contribution is -2.04. The largest absolute Gasteiger partial charge is 0.494 e. The van der Waals surface area contributed by atoms with Gasteiger partial charge in [-0.2, -0.15) is 4.39 Å². The van der Waals surface area contributed by atoms with Crippen LogP contribution in [0.15, 0.2) is 54.9 Å². The van der Waals surface area contributed by atoms with E-state index in [1.54, 1.807) is 25.5 Å². The Kier molecular flexibility index (Phi) is 7.88. The molecule has 1 aromatic heterocycles. The molecule has 35 heavy (non-hydrogen) atoms. The van der Waals surface area contributed by atoms with E-state index < -0.39 is 16.4 Å². The minimum atomic E-state index is -1.00. The molecule has 9 nitrogen and oxygen atoms in total. The van der Waals surface area contributed by atoms with Crippen LogP contribution in [-0.2, 0) is 0 Å². The van der Waals surface area contributed by atoms with Crippen molar-refractivity contribution in [3.63, 3.8) is 0 Å². The summed E-state index contributed by atoms with van der Waals surface area (Å²) >= 11 is 0. The lowest BCUT2D eigenvalue weighted by Gasteiger charge is -2.14. The summed E-state index contributed by atoms with van der Waals surface area (Å²) < 4.78 is 19.1. The van der Waals surface area contributed by atoms with Crippen LogP contribution in [0.5, 0.6) is 5.75 Å². The average molecular weight is 477 g/mol. The topological polar surface area (TPSA) is 126 Å². The SMILES string of the molecule is C/C=C(/c1ccnc(Nc2cc([N+](=O)[O-])c(F)cc2OC)n1)c1ccc(/C(C=N)=C/NC)cc1C. The maximum atomic E-state index is 14.0. The first-order valence-corrected chi connectivity index (χ1v) is 10.6. The van der Waals surface area contributed by atoms with Crippen LogP contribution in [0.3, 0.4) is 0 Å². The molecule has 1 heterocycles. The number of hydrogen-bond acceptors (Lipinski definition) is 8. The van der Waals surface area contributed by atoms with Crippen molar-refractivity contribution in [2.45, 2.75) is 13.8 Å².